The van der Waals surface area contributed by atoms with Crippen LogP contribution < -0.4 is 5.32 Å². The Kier molecular flexibility index (Phi) is 6.53. The Morgan fingerprint density at radius 2 is 1.65 bits per heavy atom. The average Bonchev–Trinajstić information content (AvgIpc) is 2.75. The van der Waals surface area contributed by atoms with Gasteiger partial charge in [-0.1, -0.05) is 47.5 Å². The lowest BCUT2D eigenvalue weighted by Gasteiger charge is -2.41. The highest BCUT2D eigenvalue weighted by Gasteiger charge is 2.36. The minimum Gasteiger partial charge on any atom is -0.316 e. The first-order chi connectivity index (χ1) is 9.16. The predicted molar refractivity (Wildman–Crippen MR) is 90.2 cm³/mol. The Hall–Kier alpha value is -0.0800. The molecule has 20 heavy (non-hydrogen) atoms. The minimum atomic E-state index is 0.361. The predicted octanol–water partition coefficient (Wildman–Crippen LogP) is 4.16. The molecule has 0 saturated heterocycles. The maximum absolute atomic E-state index is 3.72. The summed E-state index contributed by atoms with van der Waals surface area (Å²) in [7, 11) is 2.32. The number of nitrogens with one attached hydrogen (secondary N) is 1. The summed E-state index contributed by atoms with van der Waals surface area (Å²) in [5.41, 5.74) is 0.878. The van der Waals surface area contributed by atoms with Gasteiger partial charge in [-0.2, -0.15) is 0 Å². The molecule has 0 aromatic carbocycles. The topological polar surface area (TPSA) is 15.3 Å². The molecule has 1 rings (SSSR count). The number of nitrogens with zero attached hydrogens (tertiary/aromatic N) is 1. The van der Waals surface area contributed by atoms with E-state index in [0.717, 1.165) is 12.5 Å². The molecule has 0 radical (unpaired) electrons. The lowest BCUT2D eigenvalue weighted by Crippen LogP contribution is -2.48. The van der Waals surface area contributed by atoms with Gasteiger partial charge in [0.15, 0.2) is 0 Å². The van der Waals surface area contributed by atoms with Crippen LogP contribution in [0.1, 0.15) is 67.2 Å². The molecule has 0 spiro atoms. The van der Waals surface area contributed by atoms with Gasteiger partial charge in [0.05, 0.1) is 0 Å². The lowest BCUT2D eigenvalue weighted by molar-refractivity contribution is 0.0845. The standard InChI is InChI=1S/C18H38N2/c1-15(2)12-19-13-18(10-8-9-11-18)14-20(7)16(3)17(4,5)6/h15-16,19H,8-14H2,1-7H3. The molecule has 0 amide bonds. The summed E-state index contributed by atoms with van der Waals surface area (Å²) in [5, 5.41) is 3.72. The summed E-state index contributed by atoms with van der Waals surface area (Å²) in [6.45, 7) is 17.6. The quantitative estimate of drug-likeness (QED) is 0.754. The zero-order valence-corrected chi connectivity index (χ0v) is 15.1. The van der Waals surface area contributed by atoms with Gasteiger partial charge in [0, 0.05) is 19.1 Å². The highest BCUT2D eigenvalue weighted by molar-refractivity contribution is 4.91. The lowest BCUT2D eigenvalue weighted by atomic mass is 9.82. The molecule has 0 bridgehead atoms. The second kappa shape index (κ2) is 7.26. The summed E-state index contributed by atoms with van der Waals surface area (Å²) in [6.07, 6.45) is 5.64. The van der Waals surface area contributed by atoms with Gasteiger partial charge in [-0.25, -0.2) is 0 Å². The SMILES string of the molecule is CC(C)CNCC1(CN(C)C(C)C(C)(C)C)CCCC1. The van der Waals surface area contributed by atoms with E-state index in [-0.39, 0.29) is 0 Å². The molecular weight excluding hydrogens is 244 g/mol. The maximum Gasteiger partial charge on any atom is 0.0113 e. The van der Waals surface area contributed by atoms with Gasteiger partial charge >= 0.3 is 0 Å². The van der Waals surface area contributed by atoms with Gasteiger partial charge in [-0.15, -0.1) is 0 Å². The van der Waals surface area contributed by atoms with E-state index in [4.69, 9.17) is 0 Å². The molecule has 2 nitrogen and oxygen atoms in total. The van der Waals surface area contributed by atoms with Crippen molar-refractivity contribution in [3.63, 3.8) is 0 Å². The first-order valence-electron chi connectivity index (χ1n) is 8.57. The van der Waals surface area contributed by atoms with Crippen molar-refractivity contribution in [2.45, 2.75) is 73.3 Å². The van der Waals surface area contributed by atoms with Crippen molar-refractivity contribution in [3.05, 3.63) is 0 Å². The summed E-state index contributed by atoms with van der Waals surface area (Å²) < 4.78 is 0. The van der Waals surface area contributed by atoms with Gasteiger partial charge < -0.3 is 10.2 Å². The van der Waals surface area contributed by atoms with E-state index >= 15 is 0 Å². The van der Waals surface area contributed by atoms with Crippen LogP contribution in [0.2, 0.25) is 0 Å². The third-order valence-electron chi connectivity index (χ3n) is 5.22. The van der Waals surface area contributed by atoms with E-state index in [2.05, 4.69) is 58.8 Å². The van der Waals surface area contributed by atoms with Crippen molar-refractivity contribution in [2.75, 3.05) is 26.7 Å². The van der Waals surface area contributed by atoms with Crippen LogP contribution in [0.3, 0.4) is 0 Å². The molecule has 1 atom stereocenters. The summed E-state index contributed by atoms with van der Waals surface area (Å²) in [4.78, 5) is 2.60. The molecule has 1 N–H and O–H groups in total. The van der Waals surface area contributed by atoms with Crippen LogP contribution in [-0.2, 0) is 0 Å². The van der Waals surface area contributed by atoms with Crippen LogP contribution in [0.4, 0.5) is 0 Å². The number of rotatable bonds is 7. The first kappa shape index (κ1) is 18.0. The average molecular weight is 283 g/mol. The third-order valence-corrected chi connectivity index (χ3v) is 5.22. The van der Waals surface area contributed by atoms with Gasteiger partial charge in [-0.3, -0.25) is 0 Å². The smallest absolute Gasteiger partial charge is 0.0113 e. The maximum atomic E-state index is 3.72. The van der Waals surface area contributed by atoms with Crippen LogP contribution in [0.5, 0.6) is 0 Å². The van der Waals surface area contributed by atoms with Crippen molar-refractivity contribution >= 4 is 0 Å². The van der Waals surface area contributed by atoms with Crippen LogP contribution in [0.25, 0.3) is 0 Å². The fourth-order valence-electron chi connectivity index (χ4n) is 3.47. The largest absolute Gasteiger partial charge is 0.316 e. The Balaban J connectivity index is 2.58. The molecule has 1 fully saturated rings. The highest BCUT2D eigenvalue weighted by Crippen LogP contribution is 2.39. The molecule has 0 aromatic rings. The first-order valence-corrected chi connectivity index (χ1v) is 8.57. The number of hydrogen-bond donors (Lipinski definition) is 1. The summed E-state index contributed by atoms with van der Waals surface area (Å²) in [5.74, 6) is 0.750. The highest BCUT2D eigenvalue weighted by atomic mass is 15.1. The van der Waals surface area contributed by atoms with Gasteiger partial charge in [0.1, 0.15) is 0 Å². The monoisotopic (exact) mass is 282 g/mol. The van der Waals surface area contributed by atoms with Gasteiger partial charge in [0.2, 0.25) is 0 Å². The Morgan fingerprint density at radius 1 is 1.10 bits per heavy atom. The molecule has 0 aliphatic heterocycles. The Morgan fingerprint density at radius 3 is 2.10 bits per heavy atom. The fraction of sp³-hybridized carbons (Fsp3) is 1.00. The van der Waals surface area contributed by atoms with Crippen LogP contribution in [0.15, 0.2) is 0 Å². The molecule has 1 aliphatic rings. The van der Waals surface area contributed by atoms with E-state index in [9.17, 15) is 0 Å². The van der Waals surface area contributed by atoms with Crippen molar-refractivity contribution in [3.8, 4) is 0 Å². The molecule has 120 valence electrons. The molecule has 1 saturated carbocycles. The summed E-state index contributed by atoms with van der Waals surface area (Å²) in [6, 6.07) is 0.630. The second-order valence-corrected chi connectivity index (χ2v) is 8.69. The van der Waals surface area contributed by atoms with E-state index in [1.54, 1.807) is 0 Å². The molecule has 1 aliphatic carbocycles. The van der Waals surface area contributed by atoms with Gasteiger partial charge in [0.25, 0.3) is 0 Å². The van der Waals surface area contributed by atoms with Crippen molar-refractivity contribution in [2.24, 2.45) is 16.7 Å². The molecule has 2 heteroatoms. The van der Waals surface area contributed by atoms with E-state index in [1.165, 1.54) is 38.8 Å². The number of hydrogen-bond acceptors (Lipinski definition) is 2. The van der Waals surface area contributed by atoms with Crippen molar-refractivity contribution in [1.29, 1.82) is 0 Å². The zero-order chi connectivity index (χ0) is 15.4. The second-order valence-electron chi connectivity index (χ2n) is 8.69. The molecule has 1 unspecified atom stereocenters. The van der Waals surface area contributed by atoms with E-state index in [0.29, 0.717) is 16.9 Å². The van der Waals surface area contributed by atoms with Crippen LogP contribution in [-0.4, -0.2) is 37.6 Å². The molecular formula is C18H38N2. The molecule has 0 aromatic heterocycles. The Bertz CT molecular complexity index is 272. The van der Waals surface area contributed by atoms with Crippen molar-refractivity contribution in [1.82, 2.24) is 10.2 Å². The van der Waals surface area contributed by atoms with Crippen LogP contribution in [0, 0.1) is 16.7 Å². The summed E-state index contributed by atoms with van der Waals surface area (Å²) >= 11 is 0. The fourth-order valence-corrected chi connectivity index (χ4v) is 3.47. The third kappa shape index (κ3) is 5.37. The van der Waals surface area contributed by atoms with E-state index in [1.807, 2.05) is 0 Å². The minimum absolute atomic E-state index is 0.361. The van der Waals surface area contributed by atoms with Crippen LogP contribution >= 0.6 is 0 Å². The Labute approximate surface area is 127 Å². The van der Waals surface area contributed by atoms with Crippen molar-refractivity contribution < 1.29 is 0 Å². The zero-order valence-electron chi connectivity index (χ0n) is 15.1. The molecule has 0 heterocycles. The van der Waals surface area contributed by atoms with E-state index < -0.39 is 0 Å². The van der Waals surface area contributed by atoms with Gasteiger partial charge in [-0.05, 0) is 50.1 Å². The normalized spacial score (nSPS) is 20.9.